The zero-order valence-corrected chi connectivity index (χ0v) is 43.3. The number of fused-ring (bicyclic) bond motifs is 7. The van der Waals surface area contributed by atoms with E-state index in [2.05, 4.69) is 244 Å². The number of benzene rings is 7. The van der Waals surface area contributed by atoms with Crippen LogP contribution in [0, 0.1) is 20.8 Å². The molecule has 5 heteroatoms. The van der Waals surface area contributed by atoms with Gasteiger partial charge in [0.25, 0.3) is 6.71 Å². The first-order valence-electron chi connectivity index (χ1n) is 24.8. The van der Waals surface area contributed by atoms with Crippen molar-refractivity contribution in [2.24, 2.45) is 0 Å². The molecule has 0 N–H and O–H groups in total. The minimum atomic E-state index is 0.00255. The maximum Gasteiger partial charge on any atom is 0.264 e. The second-order valence-corrected chi connectivity index (χ2v) is 24.6. The van der Waals surface area contributed by atoms with Crippen LogP contribution in [0.3, 0.4) is 0 Å². The summed E-state index contributed by atoms with van der Waals surface area (Å²) in [5.74, 6) is 0. The Morgan fingerprint density at radius 3 is 1.74 bits per heavy atom. The van der Waals surface area contributed by atoms with E-state index in [-0.39, 0.29) is 28.4 Å². The molecule has 11 rings (SSSR count). The van der Waals surface area contributed by atoms with Crippen molar-refractivity contribution < 1.29 is 0 Å². The molecule has 3 heterocycles. The maximum absolute atomic E-state index is 2.68. The van der Waals surface area contributed by atoms with Gasteiger partial charge in [-0.1, -0.05) is 136 Å². The van der Waals surface area contributed by atoms with Crippen molar-refractivity contribution in [2.45, 2.75) is 125 Å². The number of nitrogens with zero attached hydrogens (tertiary/aromatic N) is 3. The molecule has 3 aliphatic rings. The SMILES string of the molecule is Cc1cc2c3c(c1)N(c1ccc4c(c1)C(C)(C)CCC4(C)C)c1c(sc4ccc(C(C)(C)C)cc14)B3c1ccc(N(c3ccccc3C)c3ccccc3C)cc1N2c1ccc(C(C)(C)C)cc1. The molecule has 0 atom stereocenters. The van der Waals surface area contributed by atoms with Gasteiger partial charge >= 0.3 is 0 Å². The van der Waals surface area contributed by atoms with Crippen molar-refractivity contribution in [1.29, 1.82) is 0 Å². The highest BCUT2D eigenvalue weighted by molar-refractivity contribution is 7.33. The summed E-state index contributed by atoms with van der Waals surface area (Å²) in [6.45, 7) is 30.5. The summed E-state index contributed by atoms with van der Waals surface area (Å²) >= 11 is 1.99. The molecule has 1 aliphatic carbocycles. The number of aryl methyl sites for hydroxylation is 3. The minimum Gasteiger partial charge on any atom is -0.311 e. The maximum atomic E-state index is 2.68. The summed E-state index contributed by atoms with van der Waals surface area (Å²) in [5.41, 5.74) is 23.3. The molecule has 0 saturated heterocycles. The van der Waals surface area contributed by atoms with Crippen LogP contribution in [-0.4, -0.2) is 6.71 Å². The zero-order chi connectivity index (χ0) is 47.8. The molecule has 68 heavy (non-hydrogen) atoms. The molecule has 0 fully saturated rings. The van der Waals surface area contributed by atoms with Crippen LogP contribution >= 0.6 is 11.3 Å². The molecule has 0 amide bonds. The Hall–Kier alpha value is -6.04. The molecule has 0 bridgehead atoms. The Morgan fingerprint density at radius 2 is 1.12 bits per heavy atom. The quantitative estimate of drug-likeness (QED) is 0.159. The molecule has 3 nitrogen and oxygen atoms in total. The summed E-state index contributed by atoms with van der Waals surface area (Å²) in [6, 6.07) is 54.1. The molecule has 1 aromatic heterocycles. The smallest absolute Gasteiger partial charge is 0.264 e. The van der Waals surface area contributed by atoms with Gasteiger partial charge < -0.3 is 14.7 Å². The van der Waals surface area contributed by atoms with Crippen LogP contribution in [0.4, 0.5) is 51.2 Å². The van der Waals surface area contributed by atoms with Crippen molar-refractivity contribution in [2.75, 3.05) is 14.7 Å². The van der Waals surface area contributed by atoms with E-state index in [1.54, 1.807) is 0 Å². The van der Waals surface area contributed by atoms with Crippen LogP contribution in [0.1, 0.15) is 121 Å². The van der Waals surface area contributed by atoms with Crippen LogP contribution in [0.15, 0.2) is 140 Å². The summed E-state index contributed by atoms with van der Waals surface area (Å²) in [4.78, 5) is 7.75. The van der Waals surface area contributed by atoms with E-state index in [9.17, 15) is 0 Å². The summed E-state index contributed by atoms with van der Waals surface area (Å²) in [6.07, 6.45) is 2.37. The summed E-state index contributed by atoms with van der Waals surface area (Å²) in [5, 5.41) is 1.34. The first-order valence-corrected chi connectivity index (χ1v) is 25.7. The number of anilines is 9. The standard InChI is InChI=1S/C63H66BN3S/c1-39-34-54-57-55(35-39)67(45-27-29-48-49(37-45)63(12,13)33-32-62(48,10)11)58-47-36-43(61(7,8)9)24-31-56(47)68-59(58)64(57)50-30-28-46(38-53(50)65(54)44-25-22-42(23-26-44)60(4,5)6)66(51-20-16-14-18-40(51)2)52-21-17-15-19-41(52)3/h14-31,34-38H,32-33H2,1-13H3. The second-order valence-electron chi connectivity index (χ2n) is 23.5. The average Bonchev–Trinajstić information content (AvgIpc) is 3.67. The Balaban J connectivity index is 1.23. The number of hydrogen-bond donors (Lipinski definition) is 0. The average molecular weight is 908 g/mol. The third-order valence-electron chi connectivity index (χ3n) is 15.7. The molecular weight excluding hydrogens is 842 g/mol. The van der Waals surface area contributed by atoms with Gasteiger partial charge in [-0.15, -0.1) is 11.3 Å². The number of rotatable bonds is 5. The molecule has 0 spiro atoms. The Morgan fingerprint density at radius 1 is 0.544 bits per heavy atom. The molecule has 342 valence electrons. The highest BCUT2D eigenvalue weighted by Crippen LogP contribution is 2.53. The highest BCUT2D eigenvalue weighted by Gasteiger charge is 2.46. The lowest BCUT2D eigenvalue weighted by Crippen LogP contribution is -2.60. The lowest BCUT2D eigenvalue weighted by molar-refractivity contribution is 0.332. The van der Waals surface area contributed by atoms with Gasteiger partial charge in [0.1, 0.15) is 0 Å². The molecule has 0 unspecified atom stereocenters. The van der Waals surface area contributed by atoms with E-state index in [0.29, 0.717) is 0 Å². The van der Waals surface area contributed by atoms with E-state index < -0.39 is 0 Å². The molecule has 2 aliphatic heterocycles. The first-order chi connectivity index (χ1) is 32.2. The number of thiophene rings is 1. The van der Waals surface area contributed by atoms with E-state index in [0.717, 1.165) is 5.69 Å². The predicted molar refractivity (Wildman–Crippen MR) is 297 cm³/mol. The Labute approximate surface area is 410 Å². The minimum absolute atomic E-state index is 0.00255. The predicted octanol–water partition coefficient (Wildman–Crippen LogP) is 16.3. The van der Waals surface area contributed by atoms with Crippen molar-refractivity contribution in [3.63, 3.8) is 0 Å². The molecule has 8 aromatic rings. The molecule has 7 aromatic carbocycles. The molecule has 0 saturated carbocycles. The van der Waals surface area contributed by atoms with Gasteiger partial charge in [-0.05, 0) is 178 Å². The Kier molecular flexibility index (Phi) is 10.1. The van der Waals surface area contributed by atoms with Crippen molar-refractivity contribution >= 4 is 95.0 Å². The molecule has 0 radical (unpaired) electrons. The Bertz CT molecular complexity index is 3270. The van der Waals surface area contributed by atoms with Gasteiger partial charge in [0.15, 0.2) is 0 Å². The topological polar surface area (TPSA) is 9.72 Å². The monoisotopic (exact) mass is 908 g/mol. The van der Waals surface area contributed by atoms with Gasteiger partial charge in [0.05, 0.1) is 5.69 Å². The van der Waals surface area contributed by atoms with Crippen molar-refractivity contribution in [3.8, 4) is 0 Å². The summed E-state index contributed by atoms with van der Waals surface area (Å²) in [7, 11) is 0. The normalized spacial score (nSPS) is 15.8. The van der Waals surface area contributed by atoms with Crippen LogP contribution in [0.25, 0.3) is 10.1 Å². The van der Waals surface area contributed by atoms with Crippen LogP contribution in [0.2, 0.25) is 0 Å². The third kappa shape index (κ3) is 7.05. The summed E-state index contributed by atoms with van der Waals surface area (Å²) < 4.78 is 2.74. The van der Waals surface area contributed by atoms with Gasteiger partial charge in [-0.25, -0.2) is 0 Å². The van der Waals surface area contributed by atoms with Crippen LogP contribution in [0.5, 0.6) is 0 Å². The number of hydrogen-bond acceptors (Lipinski definition) is 4. The van der Waals surface area contributed by atoms with Crippen LogP contribution < -0.4 is 30.4 Å². The fraction of sp³-hybridized carbons (Fsp3) is 0.302. The van der Waals surface area contributed by atoms with E-state index in [1.807, 2.05) is 11.3 Å². The third-order valence-corrected chi connectivity index (χ3v) is 16.9. The van der Waals surface area contributed by atoms with E-state index >= 15 is 0 Å². The largest absolute Gasteiger partial charge is 0.311 e. The van der Waals surface area contributed by atoms with Gasteiger partial charge in [0.2, 0.25) is 0 Å². The van der Waals surface area contributed by atoms with Crippen molar-refractivity contribution in [3.05, 3.63) is 178 Å². The highest BCUT2D eigenvalue weighted by atomic mass is 32.1. The van der Waals surface area contributed by atoms with E-state index in [1.165, 1.54) is 123 Å². The fourth-order valence-electron chi connectivity index (χ4n) is 11.6. The van der Waals surface area contributed by atoms with Crippen molar-refractivity contribution in [1.82, 2.24) is 0 Å². The lowest BCUT2D eigenvalue weighted by Gasteiger charge is -2.45. The van der Waals surface area contributed by atoms with Crippen LogP contribution in [-0.2, 0) is 21.7 Å². The zero-order valence-electron chi connectivity index (χ0n) is 42.5. The van der Waals surface area contributed by atoms with Gasteiger partial charge in [-0.3, -0.25) is 0 Å². The van der Waals surface area contributed by atoms with Gasteiger partial charge in [0, 0.05) is 60.4 Å². The fourth-order valence-corrected chi connectivity index (χ4v) is 12.9. The number of para-hydroxylation sites is 2. The molecular formula is C63H66BN3S. The van der Waals surface area contributed by atoms with Gasteiger partial charge in [-0.2, -0.15) is 0 Å². The van der Waals surface area contributed by atoms with E-state index in [4.69, 9.17) is 0 Å². The first kappa shape index (κ1) is 44.5. The lowest BCUT2D eigenvalue weighted by atomic mass is 9.36. The second kappa shape index (κ2) is 15.5.